The van der Waals surface area contributed by atoms with E-state index in [4.69, 9.17) is 14.5 Å². The molecule has 2 N–H and O–H groups in total. The monoisotopic (exact) mass is 266 g/mol. The summed E-state index contributed by atoms with van der Waals surface area (Å²) in [6, 6.07) is 16.1. The quantitative estimate of drug-likeness (QED) is 0.693. The van der Waals surface area contributed by atoms with Gasteiger partial charge in [-0.3, -0.25) is 0 Å². The van der Waals surface area contributed by atoms with Crippen molar-refractivity contribution in [2.45, 2.75) is 0 Å². The van der Waals surface area contributed by atoms with Gasteiger partial charge in [-0.15, -0.1) is 10.2 Å². The molecule has 20 heavy (non-hydrogen) atoms. The zero-order valence-corrected chi connectivity index (χ0v) is 10.5. The van der Waals surface area contributed by atoms with Gasteiger partial charge in [0, 0.05) is 11.1 Å². The number of nitrogens with zero attached hydrogens (tertiary/aromatic N) is 2. The van der Waals surface area contributed by atoms with Crippen LogP contribution in [0.25, 0.3) is 22.9 Å². The number of hydrogen-bond donors (Lipinski definition) is 2. The first-order valence-corrected chi connectivity index (χ1v) is 6.09. The summed E-state index contributed by atoms with van der Waals surface area (Å²) in [5, 5.41) is 26.3. The number of hydrogen-bond acceptors (Lipinski definition) is 5. The summed E-state index contributed by atoms with van der Waals surface area (Å²) in [6.45, 7) is 0. The van der Waals surface area contributed by atoms with Crippen molar-refractivity contribution in [3.63, 3.8) is 0 Å². The lowest BCUT2D eigenvalue weighted by Gasteiger charge is -2.00. The molecule has 0 saturated carbocycles. The van der Waals surface area contributed by atoms with Gasteiger partial charge in [0.25, 0.3) is 0 Å². The summed E-state index contributed by atoms with van der Waals surface area (Å²) >= 11 is 0. The Kier molecular flexibility index (Phi) is 3.33. The molecule has 1 heterocycles. The van der Waals surface area contributed by atoms with Crippen molar-refractivity contribution < 1.29 is 14.5 Å². The summed E-state index contributed by atoms with van der Waals surface area (Å²) in [6.07, 6.45) is 0. The van der Waals surface area contributed by atoms with Crippen LogP contribution in [0.2, 0.25) is 0 Å². The van der Waals surface area contributed by atoms with E-state index >= 15 is 0 Å². The van der Waals surface area contributed by atoms with E-state index in [1.54, 1.807) is 24.3 Å². The van der Waals surface area contributed by atoms with E-state index in [0.29, 0.717) is 22.8 Å². The van der Waals surface area contributed by atoms with Crippen molar-refractivity contribution in [1.29, 1.82) is 0 Å². The second-order valence-electron chi connectivity index (χ2n) is 4.28. The Labute approximate surface area is 115 Å². The van der Waals surface area contributed by atoms with E-state index in [0.717, 1.165) is 5.56 Å². The maximum Gasteiger partial charge on any atom is 0.488 e. The fourth-order valence-electron chi connectivity index (χ4n) is 1.87. The average Bonchev–Trinajstić information content (AvgIpc) is 2.98. The highest BCUT2D eigenvalue weighted by Gasteiger charge is 2.14. The highest BCUT2D eigenvalue weighted by atomic mass is 16.4. The molecule has 0 amide bonds. The molecule has 2 aromatic carbocycles. The molecule has 3 rings (SSSR count). The third-order valence-corrected chi connectivity index (χ3v) is 2.88. The Bertz CT molecular complexity index is 713. The standard InChI is InChI=1S/C14H11BN2O3/c18-15(19)12-8-4-7-11(9-12)14-17-16-13(20-14)10-5-2-1-3-6-10/h1-9,18-19H. The molecular formula is C14H11BN2O3. The Balaban J connectivity index is 1.96. The Hall–Kier alpha value is -2.44. The van der Waals surface area contributed by atoms with Gasteiger partial charge in [0.15, 0.2) is 0 Å². The Morgan fingerprint density at radius 1 is 0.800 bits per heavy atom. The molecule has 0 spiro atoms. The van der Waals surface area contributed by atoms with Gasteiger partial charge in [0.2, 0.25) is 11.8 Å². The molecule has 0 aliphatic rings. The topological polar surface area (TPSA) is 79.4 Å². The van der Waals surface area contributed by atoms with Crippen LogP contribution in [-0.2, 0) is 0 Å². The average molecular weight is 266 g/mol. The second kappa shape index (κ2) is 5.28. The van der Waals surface area contributed by atoms with Crippen LogP contribution in [0.5, 0.6) is 0 Å². The van der Waals surface area contributed by atoms with Gasteiger partial charge in [-0.1, -0.05) is 30.3 Å². The van der Waals surface area contributed by atoms with E-state index in [2.05, 4.69) is 10.2 Å². The van der Waals surface area contributed by atoms with Crippen molar-refractivity contribution in [2.24, 2.45) is 0 Å². The van der Waals surface area contributed by atoms with Crippen LogP contribution in [0.4, 0.5) is 0 Å². The minimum Gasteiger partial charge on any atom is -0.423 e. The molecule has 0 saturated heterocycles. The first kappa shape index (κ1) is 12.6. The zero-order chi connectivity index (χ0) is 13.9. The van der Waals surface area contributed by atoms with Gasteiger partial charge in [-0.25, -0.2) is 0 Å². The summed E-state index contributed by atoms with van der Waals surface area (Å²) in [5.74, 6) is 0.766. The molecule has 0 aliphatic heterocycles. The summed E-state index contributed by atoms with van der Waals surface area (Å²) < 4.78 is 5.60. The maximum atomic E-state index is 9.17. The minimum absolute atomic E-state index is 0.339. The van der Waals surface area contributed by atoms with Crippen molar-refractivity contribution >= 4 is 12.6 Å². The van der Waals surface area contributed by atoms with Crippen LogP contribution in [-0.4, -0.2) is 27.4 Å². The number of rotatable bonds is 3. The van der Waals surface area contributed by atoms with Crippen LogP contribution < -0.4 is 5.46 Å². The summed E-state index contributed by atoms with van der Waals surface area (Å²) in [7, 11) is -1.52. The van der Waals surface area contributed by atoms with E-state index in [1.807, 2.05) is 30.3 Å². The van der Waals surface area contributed by atoms with Crippen molar-refractivity contribution in [1.82, 2.24) is 10.2 Å². The van der Waals surface area contributed by atoms with Crippen molar-refractivity contribution in [3.05, 3.63) is 54.6 Å². The van der Waals surface area contributed by atoms with E-state index < -0.39 is 7.12 Å². The molecule has 0 atom stereocenters. The van der Waals surface area contributed by atoms with Gasteiger partial charge in [-0.05, 0) is 29.7 Å². The van der Waals surface area contributed by atoms with Crippen LogP contribution >= 0.6 is 0 Å². The highest BCUT2D eigenvalue weighted by molar-refractivity contribution is 6.58. The summed E-state index contributed by atoms with van der Waals surface area (Å²) in [5.41, 5.74) is 1.86. The van der Waals surface area contributed by atoms with E-state index in [-0.39, 0.29) is 0 Å². The predicted molar refractivity (Wildman–Crippen MR) is 75.0 cm³/mol. The third kappa shape index (κ3) is 2.47. The lowest BCUT2D eigenvalue weighted by atomic mass is 9.80. The van der Waals surface area contributed by atoms with Gasteiger partial charge >= 0.3 is 7.12 Å². The van der Waals surface area contributed by atoms with Crippen molar-refractivity contribution in [3.8, 4) is 22.9 Å². The molecular weight excluding hydrogens is 255 g/mol. The lowest BCUT2D eigenvalue weighted by molar-refractivity contribution is 0.426. The Morgan fingerprint density at radius 2 is 1.45 bits per heavy atom. The third-order valence-electron chi connectivity index (χ3n) is 2.88. The van der Waals surface area contributed by atoms with Gasteiger partial charge < -0.3 is 14.5 Å². The normalized spacial score (nSPS) is 10.5. The molecule has 1 aromatic heterocycles. The molecule has 5 nitrogen and oxygen atoms in total. The molecule has 0 aliphatic carbocycles. The minimum atomic E-state index is -1.52. The zero-order valence-electron chi connectivity index (χ0n) is 10.5. The van der Waals surface area contributed by atoms with E-state index in [1.165, 1.54) is 0 Å². The molecule has 0 fully saturated rings. The van der Waals surface area contributed by atoms with E-state index in [9.17, 15) is 0 Å². The molecule has 0 unspecified atom stereocenters. The van der Waals surface area contributed by atoms with Gasteiger partial charge in [-0.2, -0.15) is 0 Å². The van der Waals surface area contributed by atoms with Crippen LogP contribution in [0.1, 0.15) is 0 Å². The fraction of sp³-hybridized carbons (Fsp3) is 0. The molecule has 0 radical (unpaired) electrons. The van der Waals surface area contributed by atoms with Crippen LogP contribution in [0, 0.1) is 0 Å². The highest BCUT2D eigenvalue weighted by Crippen LogP contribution is 2.22. The van der Waals surface area contributed by atoms with Gasteiger partial charge in [0.1, 0.15) is 0 Å². The number of aromatic nitrogens is 2. The van der Waals surface area contributed by atoms with Crippen LogP contribution in [0.15, 0.2) is 59.0 Å². The predicted octanol–water partition coefficient (Wildman–Crippen LogP) is 1.08. The lowest BCUT2D eigenvalue weighted by Crippen LogP contribution is -2.29. The number of benzene rings is 2. The van der Waals surface area contributed by atoms with Gasteiger partial charge in [0.05, 0.1) is 0 Å². The smallest absolute Gasteiger partial charge is 0.423 e. The Morgan fingerprint density at radius 3 is 2.15 bits per heavy atom. The van der Waals surface area contributed by atoms with Crippen LogP contribution in [0.3, 0.4) is 0 Å². The molecule has 3 aromatic rings. The molecule has 0 bridgehead atoms. The maximum absolute atomic E-state index is 9.17. The fourth-order valence-corrected chi connectivity index (χ4v) is 1.87. The summed E-state index contributed by atoms with van der Waals surface area (Å²) in [4.78, 5) is 0. The first-order chi connectivity index (χ1) is 9.74. The second-order valence-corrected chi connectivity index (χ2v) is 4.28. The first-order valence-electron chi connectivity index (χ1n) is 6.09. The molecule has 98 valence electrons. The molecule has 6 heteroatoms. The largest absolute Gasteiger partial charge is 0.488 e. The SMILES string of the molecule is OB(O)c1cccc(-c2nnc(-c3ccccc3)o2)c1. The van der Waals surface area contributed by atoms with Crippen molar-refractivity contribution in [2.75, 3.05) is 0 Å².